The minimum Gasteiger partial charge on any atom is -0.445 e. The number of benzene rings is 2. The summed E-state index contributed by atoms with van der Waals surface area (Å²) in [7, 11) is 1.59. The molecule has 50 heavy (non-hydrogen) atoms. The van der Waals surface area contributed by atoms with E-state index in [9.17, 15) is 29.4 Å². The Morgan fingerprint density at radius 3 is 2.38 bits per heavy atom. The third kappa shape index (κ3) is 9.39. The van der Waals surface area contributed by atoms with Crippen LogP contribution in [0.25, 0.3) is 0 Å². The molecule has 2 aromatic carbocycles. The molecule has 0 saturated heterocycles. The molecule has 1 atom stereocenters. The lowest BCUT2D eigenvalue weighted by atomic mass is 10.1. The van der Waals surface area contributed by atoms with Gasteiger partial charge >= 0.3 is 18.2 Å². The molecule has 1 heterocycles. The van der Waals surface area contributed by atoms with Gasteiger partial charge in [-0.2, -0.15) is 0 Å². The number of carbonyl (C=O) groups is 5. The average Bonchev–Trinajstić information content (AvgIpc) is 3.86. The number of rotatable bonds is 14. The third-order valence-electron chi connectivity index (χ3n) is 7.82. The van der Waals surface area contributed by atoms with E-state index in [1.54, 1.807) is 57.3 Å². The molecule has 15 heteroatoms. The first-order valence-electron chi connectivity index (χ1n) is 16.2. The first kappa shape index (κ1) is 37.0. The minimum atomic E-state index is -1.14. The van der Waals surface area contributed by atoms with E-state index in [1.807, 2.05) is 13.0 Å². The lowest BCUT2D eigenvalue weighted by Gasteiger charge is -2.26. The summed E-state index contributed by atoms with van der Waals surface area (Å²) in [4.78, 5) is 65.5. The monoisotopic (exact) mass is 689 g/mol. The SMILES string of the molecule is CCCNC(=O)c1cn(NC)c(C(=N)N(C(=O)OCOC(=O)[C@H](C)NC(=O)OCc2ccccc2)c2cc(C(=O)NC3CC3)ccc2C)c1C. The van der Waals surface area contributed by atoms with Gasteiger partial charge in [0.2, 0.25) is 6.79 Å². The topological polar surface area (TPSA) is 193 Å². The van der Waals surface area contributed by atoms with Crippen LogP contribution in [0.1, 0.15) is 76.2 Å². The lowest BCUT2D eigenvalue weighted by Crippen LogP contribution is -2.42. The maximum absolute atomic E-state index is 13.8. The second-order valence-electron chi connectivity index (χ2n) is 11.7. The maximum Gasteiger partial charge on any atom is 0.423 e. The highest BCUT2D eigenvalue weighted by molar-refractivity contribution is 6.21. The van der Waals surface area contributed by atoms with E-state index in [0.717, 1.165) is 29.7 Å². The number of alkyl carbamates (subject to hydrolysis) is 1. The molecule has 0 aliphatic heterocycles. The Labute approximate surface area is 290 Å². The zero-order valence-electron chi connectivity index (χ0n) is 28.8. The van der Waals surface area contributed by atoms with Gasteiger partial charge < -0.3 is 35.6 Å². The molecule has 15 nitrogen and oxygen atoms in total. The number of hydrogen-bond acceptors (Lipinski definition) is 10. The van der Waals surface area contributed by atoms with Crippen molar-refractivity contribution in [1.29, 1.82) is 5.41 Å². The number of amidine groups is 1. The van der Waals surface area contributed by atoms with Gasteiger partial charge in [0.1, 0.15) is 18.3 Å². The Morgan fingerprint density at radius 1 is 1.00 bits per heavy atom. The van der Waals surface area contributed by atoms with Gasteiger partial charge in [0, 0.05) is 31.4 Å². The normalized spacial score (nSPS) is 12.6. The highest BCUT2D eigenvalue weighted by Gasteiger charge is 2.32. The van der Waals surface area contributed by atoms with Gasteiger partial charge in [-0.25, -0.2) is 19.3 Å². The van der Waals surface area contributed by atoms with E-state index in [2.05, 4.69) is 21.4 Å². The maximum atomic E-state index is 13.8. The zero-order chi connectivity index (χ0) is 36.4. The fourth-order valence-corrected chi connectivity index (χ4v) is 4.86. The fraction of sp³-hybridized carbons (Fsp3) is 0.371. The predicted molar refractivity (Wildman–Crippen MR) is 185 cm³/mol. The lowest BCUT2D eigenvalue weighted by molar-refractivity contribution is -0.153. The number of aryl methyl sites for hydroxylation is 1. The van der Waals surface area contributed by atoms with Crippen LogP contribution in [0.4, 0.5) is 15.3 Å². The standard InChI is InChI=1S/C35H43N7O8/c1-6-16-38-32(44)27-18-41(37-5)29(22(27)3)30(36)42(28-17-25(13-12-21(28)2)31(43)40-26-14-15-26)35(47)50-20-49-33(45)23(4)39-34(46)48-19-24-10-8-7-9-11-24/h7-13,17-18,23,26,36-37H,6,14-16,19-20H2,1-5H3,(H,38,44)(H,39,46)(H,40,43)/t23-/m0/s1. The van der Waals surface area contributed by atoms with Gasteiger partial charge in [-0.15, -0.1) is 0 Å². The Bertz CT molecular complexity index is 1740. The van der Waals surface area contributed by atoms with Gasteiger partial charge in [-0.3, -0.25) is 19.7 Å². The van der Waals surface area contributed by atoms with Gasteiger partial charge in [0.25, 0.3) is 11.8 Å². The van der Waals surface area contributed by atoms with Gasteiger partial charge in [-0.1, -0.05) is 43.3 Å². The molecule has 4 amide bonds. The molecule has 1 saturated carbocycles. The van der Waals surface area contributed by atoms with E-state index >= 15 is 0 Å². The largest absolute Gasteiger partial charge is 0.445 e. The molecule has 3 aromatic rings. The number of amides is 4. The van der Waals surface area contributed by atoms with Gasteiger partial charge in [0.15, 0.2) is 5.84 Å². The molecule has 266 valence electrons. The Balaban J connectivity index is 1.53. The molecule has 0 radical (unpaired) electrons. The van der Waals surface area contributed by atoms with Crippen molar-refractivity contribution in [3.8, 4) is 0 Å². The molecule has 0 unspecified atom stereocenters. The molecule has 5 N–H and O–H groups in total. The third-order valence-corrected chi connectivity index (χ3v) is 7.82. The Morgan fingerprint density at radius 2 is 1.72 bits per heavy atom. The molecule has 0 bridgehead atoms. The zero-order valence-corrected chi connectivity index (χ0v) is 28.8. The summed E-state index contributed by atoms with van der Waals surface area (Å²) in [5.74, 6) is -1.98. The van der Waals surface area contributed by atoms with Crippen LogP contribution >= 0.6 is 0 Å². The number of carbonyl (C=O) groups excluding carboxylic acids is 5. The summed E-state index contributed by atoms with van der Waals surface area (Å²) >= 11 is 0. The second-order valence-corrected chi connectivity index (χ2v) is 11.7. The van der Waals surface area contributed by atoms with Crippen LogP contribution in [0.2, 0.25) is 0 Å². The molecular formula is C35H43N7O8. The van der Waals surface area contributed by atoms with E-state index in [-0.39, 0.29) is 52.8 Å². The molecule has 1 aromatic heterocycles. The number of nitrogens with zero attached hydrogens (tertiary/aromatic N) is 2. The number of aromatic nitrogens is 1. The Kier molecular flexibility index (Phi) is 12.6. The van der Waals surface area contributed by atoms with Crippen LogP contribution < -0.4 is 26.3 Å². The smallest absolute Gasteiger partial charge is 0.423 e. The molecule has 0 spiro atoms. The van der Waals surface area contributed by atoms with Crippen molar-refractivity contribution in [2.75, 3.05) is 30.7 Å². The second kappa shape index (κ2) is 17.0. The van der Waals surface area contributed by atoms with E-state index in [1.165, 1.54) is 23.9 Å². The molecule has 1 aliphatic rings. The number of nitrogens with one attached hydrogen (secondary N) is 5. The van der Waals surface area contributed by atoms with Crippen molar-refractivity contribution in [1.82, 2.24) is 20.6 Å². The van der Waals surface area contributed by atoms with Crippen LogP contribution in [-0.2, 0) is 25.6 Å². The van der Waals surface area contributed by atoms with Crippen molar-refractivity contribution < 1.29 is 38.2 Å². The van der Waals surface area contributed by atoms with Crippen molar-refractivity contribution in [2.45, 2.75) is 65.6 Å². The summed E-state index contributed by atoms with van der Waals surface area (Å²) in [6, 6.07) is 12.7. The van der Waals surface area contributed by atoms with Crippen molar-refractivity contribution in [2.24, 2.45) is 0 Å². The van der Waals surface area contributed by atoms with Crippen LogP contribution in [0.15, 0.2) is 54.7 Å². The molecular weight excluding hydrogens is 646 g/mol. The van der Waals surface area contributed by atoms with Crippen molar-refractivity contribution in [3.63, 3.8) is 0 Å². The number of anilines is 1. The van der Waals surface area contributed by atoms with Crippen LogP contribution in [0.5, 0.6) is 0 Å². The molecule has 1 aliphatic carbocycles. The highest BCUT2D eigenvalue weighted by Crippen LogP contribution is 2.28. The van der Waals surface area contributed by atoms with Crippen LogP contribution in [0.3, 0.4) is 0 Å². The highest BCUT2D eigenvalue weighted by atomic mass is 16.7. The number of hydrogen-bond donors (Lipinski definition) is 5. The van der Waals surface area contributed by atoms with E-state index in [0.29, 0.717) is 17.7 Å². The van der Waals surface area contributed by atoms with E-state index in [4.69, 9.17) is 14.2 Å². The first-order valence-corrected chi connectivity index (χ1v) is 16.2. The quantitative estimate of drug-likeness (QED) is 0.0717. The average molecular weight is 690 g/mol. The molecule has 4 rings (SSSR count). The summed E-state index contributed by atoms with van der Waals surface area (Å²) in [5, 5.41) is 17.3. The minimum absolute atomic E-state index is 0.00197. The first-order chi connectivity index (χ1) is 23.9. The number of ether oxygens (including phenoxy) is 3. The summed E-state index contributed by atoms with van der Waals surface area (Å²) in [6.45, 7) is 6.24. The van der Waals surface area contributed by atoms with Crippen LogP contribution in [0, 0.1) is 19.3 Å². The van der Waals surface area contributed by atoms with Gasteiger partial charge in [0.05, 0.1) is 11.3 Å². The van der Waals surface area contributed by atoms with Gasteiger partial charge in [-0.05, 0) is 68.9 Å². The number of esters is 1. The summed E-state index contributed by atoms with van der Waals surface area (Å²) in [6.07, 6.45) is 2.05. The van der Waals surface area contributed by atoms with Crippen molar-refractivity contribution >= 4 is 41.5 Å². The Hall–Kier alpha value is -5.86. The summed E-state index contributed by atoms with van der Waals surface area (Å²) < 4.78 is 17.0. The predicted octanol–water partition coefficient (Wildman–Crippen LogP) is 4.09. The van der Waals surface area contributed by atoms with Crippen LogP contribution in [-0.4, -0.2) is 73.0 Å². The van der Waals surface area contributed by atoms with Crippen molar-refractivity contribution in [3.05, 3.63) is 88.2 Å². The fourth-order valence-electron chi connectivity index (χ4n) is 4.86. The molecule has 1 fully saturated rings. The van der Waals surface area contributed by atoms with E-state index < -0.39 is 31.0 Å². The summed E-state index contributed by atoms with van der Waals surface area (Å²) in [5.41, 5.74) is 5.47.